The van der Waals surface area contributed by atoms with E-state index in [0.717, 1.165) is 0 Å². The first-order valence-electron chi connectivity index (χ1n) is 8.91. The van der Waals surface area contributed by atoms with Crippen molar-refractivity contribution < 1.29 is 17.6 Å². The van der Waals surface area contributed by atoms with Gasteiger partial charge in [-0.05, 0) is 55.2 Å². The SMILES string of the molecule is O=C(Nc1ccc(F)cc1)N1CCC(CNS(=O)(=O)c2ccccc2Cl)CC1. The molecule has 1 heterocycles. The number of carbonyl (C=O) groups excluding carboxylic acids is 1. The molecule has 6 nitrogen and oxygen atoms in total. The van der Waals surface area contributed by atoms with Gasteiger partial charge >= 0.3 is 6.03 Å². The van der Waals surface area contributed by atoms with E-state index in [1.807, 2.05) is 0 Å². The molecule has 1 saturated heterocycles. The van der Waals surface area contributed by atoms with E-state index >= 15 is 0 Å². The molecular formula is C19H21ClFN3O3S. The van der Waals surface area contributed by atoms with E-state index in [0.29, 0.717) is 38.2 Å². The van der Waals surface area contributed by atoms with Gasteiger partial charge in [0.2, 0.25) is 10.0 Å². The molecule has 28 heavy (non-hydrogen) atoms. The van der Waals surface area contributed by atoms with Crippen LogP contribution < -0.4 is 10.0 Å². The Morgan fingerprint density at radius 1 is 1.11 bits per heavy atom. The van der Waals surface area contributed by atoms with Crippen LogP contribution in [-0.2, 0) is 10.0 Å². The predicted molar refractivity (Wildman–Crippen MR) is 106 cm³/mol. The van der Waals surface area contributed by atoms with E-state index in [-0.39, 0.29) is 27.7 Å². The van der Waals surface area contributed by atoms with Crippen molar-refractivity contribution in [2.75, 3.05) is 25.0 Å². The van der Waals surface area contributed by atoms with Crippen LogP contribution in [0.15, 0.2) is 53.4 Å². The van der Waals surface area contributed by atoms with Crippen LogP contribution in [0.1, 0.15) is 12.8 Å². The topological polar surface area (TPSA) is 78.5 Å². The Morgan fingerprint density at radius 3 is 2.39 bits per heavy atom. The number of anilines is 1. The maximum atomic E-state index is 12.9. The largest absolute Gasteiger partial charge is 0.325 e. The van der Waals surface area contributed by atoms with Crippen molar-refractivity contribution in [3.8, 4) is 0 Å². The van der Waals surface area contributed by atoms with Crippen molar-refractivity contribution in [1.82, 2.24) is 9.62 Å². The highest BCUT2D eigenvalue weighted by molar-refractivity contribution is 7.89. The van der Waals surface area contributed by atoms with E-state index in [2.05, 4.69) is 10.0 Å². The molecule has 0 radical (unpaired) electrons. The lowest BCUT2D eigenvalue weighted by atomic mass is 9.97. The lowest BCUT2D eigenvalue weighted by Crippen LogP contribution is -2.43. The van der Waals surface area contributed by atoms with Crippen molar-refractivity contribution in [2.45, 2.75) is 17.7 Å². The lowest BCUT2D eigenvalue weighted by molar-refractivity contribution is 0.183. The second-order valence-electron chi connectivity index (χ2n) is 6.65. The number of likely N-dealkylation sites (tertiary alicyclic amines) is 1. The Labute approximate surface area is 168 Å². The number of hydrogen-bond donors (Lipinski definition) is 2. The summed E-state index contributed by atoms with van der Waals surface area (Å²) in [6.45, 7) is 1.33. The molecule has 9 heteroatoms. The van der Waals surface area contributed by atoms with Gasteiger partial charge in [-0.1, -0.05) is 23.7 Å². The van der Waals surface area contributed by atoms with E-state index in [1.165, 1.54) is 36.4 Å². The molecule has 0 saturated carbocycles. The Hall–Kier alpha value is -2.16. The zero-order valence-corrected chi connectivity index (χ0v) is 16.6. The van der Waals surface area contributed by atoms with Crippen LogP contribution in [0, 0.1) is 11.7 Å². The molecule has 2 N–H and O–H groups in total. The second-order valence-corrected chi connectivity index (χ2v) is 8.79. The minimum Gasteiger partial charge on any atom is -0.325 e. The average Bonchev–Trinajstić information content (AvgIpc) is 2.69. The van der Waals surface area contributed by atoms with Gasteiger partial charge in [0.1, 0.15) is 10.7 Å². The summed E-state index contributed by atoms with van der Waals surface area (Å²) in [6.07, 6.45) is 1.36. The molecule has 2 aromatic carbocycles. The first-order valence-corrected chi connectivity index (χ1v) is 10.8. The minimum atomic E-state index is -3.67. The summed E-state index contributed by atoms with van der Waals surface area (Å²) < 4.78 is 40.3. The Kier molecular flexibility index (Phi) is 6.53. The quantitative estimate of drug-likeness (QED) is 0.766. The summed E-state index contributed by atoms with van der Waals surface area (Å²) in [6, 6.07) is 11.6. The lowest BCUT2D eigenvalue weighted by Gasteiger charge is -2.32. The standard InChI is InChI=1S/C19H21ClFN3O3S/c20-17-3-1-2-4-18(17)28(26,27)22-13-14-9-11-24(12-10-14)19(25)23-16-7-5-15(21)6-8-16/h1-8,14,22H,9-13H2,(H,23,25). The number of benzene rings is 2. The third-order valence-corrected chi connectivity index (χ3v) is 6.61. The van der Waals surface area contributed by atoms with Crippen LogP contribution in [0.4, 0.5) is 14.9 Å². The van der Waals surface area contributed by atoms with Gasteiger partial charge in [-0.3, -0.25) is 0 Å². The first kappa shape index (κ1) is 20.6. The molecule has 2 aromatic rings. The molecule has 0 aliphatic carbocycles. The molecule has 2 amide bonds. The van der Waals surface area contributed by atoms with E-state index < -0.39 is 10.0 Å². The predicted octanol–water partition coefficient (Wildman–Crippen LogP) is 3.70. The number of halogens is 2. The molecule has 1 fully saturated rings. The number of carbonyl (C=O) groups is 1. The van der Waals surface area contributed by atoms with Crippen molar-refractivity contribution in [1.29, 1.82) is 0 Å². The van der Waals surface area contributed by atoms with Crippen LogP contribution in [0.5, 0.6) is 0 Å². The van der Waals surface area contributed by atoms with Gasteiger partial charge in [0.15, 0.2) is 0 Å². The maximum absolute atomic E-state index is 12.9. The van der Waals surface area contributed by atoms with Gasteiger partial charge in [0.25, 0.3) is 0 Å². The van der Waals surface area contributed by atoms with Gasteiger partial charge in [-0.15, -0.1) is 0 Å². The fourth-order valence-electron chi connectivity index (χ4n) is 3.04. The number of urea groups is 1. The summed E-state index contributed by atoms with van der Waals surface area (Å²) in [5, 5.41) is 2.91. The normalized spacial score (nSPS) is 15.4. The Bertz CT molecular complexity index is 930. The van der Waals surface area contributed by atoms with E-state index in [4.69, 9.17) is 11.6 Å². The molecule has 0 unspecified atom stereocenters. The average molecular weight is 426 g/mol. The van der Waals surface area contributed by atoms with Crippen molar-refractivity contribution >= 4 is 33.3 Å². The molecule has 0 aromatic heterocycles. The molecule has 3 rings (SSSR count). The summed E-state index contributed by atoms with van der Waals surface area (Å²) in [4.78, 5) is 14.0. The molecular weight excluding hydrogens is 405 g/mol. The number of piperidine rings is 1. The number of sulfonamides is 1. The van der Waals surface area contributed by atoms with Crippen molar-refractivity contribution in [3.05, 3.63) is 59.4 Å². The highest BCUT2D eigenvalue weighted by Gasteiger charge is 2.25. The van der Waals surface area contributed by atoms with Crippen molar-refractivity contribution in [3.63, 3.8) is 0 Å². The fraction of sp³-hybridized carbons (Fsp3) is 0.316. The zero-order valence-electron chi connectivity index (χ0n) is 15.1. The first-order chi connectivity index (χ1) is 13.3. The van der Waals surface area contributed by atoms with E-state index in [1.54, 1.807) is 17.0 Å². The van der Waals surface area contributed by atoms with Crippen LogP contribution in [0.2, 0.25) is 5.02 Å². The van der Waals surface area contributed by atoms with E-state index in [9.17, 15) is 17.6 Å². The van der Waals surface area contributed by atoms with Gasteiger partial charge in [-0.2, -0.15) is 0 Å². The summed E-state index contributed by atoms with van der Waals surface area (Å²) in [5.41, 5.74) is 0.529. The van der Waals surface area contributed by atoms with Crippen LogP contribution >= 0.6 is 11.6 Å². The van der Waals surface area contributed by atoms with Crippen LogP contribution in [-0.4, -0.2) is 39.0 Å². The summed E-state index contributed by atoms with van der Waals surface area (Å²) in [7, 11) is -3.67. The Balaban J connectivity index is 1.48. The van der Waals surface area contributed by atoms with Crippen LogP contribution in [0.3, 0.4) is 0 Å². The number of hydrogen-bond acceptors (Lipinski definition) is 3. The highest BCUT2D eigenvalue weighted by atomic mass is 35.5. The molecule has 0 atom stereocenters. The summed E-state index contributed by atoms with van der Waals surface area (Å²) in [5.74, 6) is -0.231. The van der Waals surface area contributed by atoms with Gasteiger partial charge < -0.3 is 10.2 Å². The molecule has 1 aliphatic rings. The monoisotopic (exact) mass is 425 g/mol. The molecule has 0 bridgehead atoms. The number of nitrogens with one attached hydrogen (secondary N) is 2. The maximum Gasteiger partial charge on any atom is 0.321 e. The molecule has 150 valence electrons. The van der Waals surface area contributed by atoms with Gasteiger partial charge in [0, 0.05) is 25.3 Å². The fourth-order valence-corrected chi connectivity index (χ4v) is 4.68. The zero-order chi connectivity index (χ0) is 20.1. The third-order valence-electron chi connectivity index (χ3n) is 4.69. The number of rotatable bonds is 5. The molecule has 0 spiro atoms. The smallest absolute Gasteiger partial charge is 0.321 e. The Morgan fingerprint density at radius 2 is 1.75 bits per heavy atom. The number of nitrogens with zero attached hydrogens (tertiary/aromatic N) is 1. The number of amides is 2. The molecule has 1 aliphatic heterocycles. The van der Waals surface area contributed by atoms with Crippen molar-refractivity contribution in [2.24, 2.45) is 5.92 Å². The highest BCUT2D eigenvalue weighted by Crippen LogP contribution is 2.22. The summed E-state index contributed by atoms with van der Waals surface area (Å²) >= 11 is 5.97. The van der Waals surface area contributed by atoms with Gasteiger partial charge in [0.05, 0.1) is 5.02 Å². The van der Waals surface area contributed by atoms with Crippen LogP contribution in [0.25, 0.3) is 0 Å². The van der Waals surface area contributed by atoms with Gasteiger partial charge in [-0.25, -0.2) is 22.3 Å². The third kappa shape index (κ3) is 5.21. The minimum absolute atomic E-state index is 0.0628. The second kappa shape index (κ2) is 8.89.